The summed E-state index contributed by atoms with van der Waals surface area (Å²) in [5, 5.41) is 12.9. The van der Waals surface area contributed by atoms with Crippen molar-refractivity contribution in [3.8, 4) is 5.75 Å². The maximum atomic E-state index is 12.8. The normalized spacial score (nSPS) is 16.4. The van der Waals surface area contributed by atoms with Crippen LogP contribution in [0.4, 0.5) is 0 Å². The lowest BCUT2D eigenvalue weighted by atomic mass is 9.99. The molecule has 0 aliphatic carbocycles. The Morgan fingerprint density at radius 3 is 2.57 bits per heavy atom. The van der Waals surface area contributed by atoms with E-state index >= 15 is 0 Å². The molecular formula is C17H10ClNO4. The third kappa shape index (κ3) is 2.09. The van der Waals surface area contributed by atoms with Crippen LogP contribution in [0.1, 0.15) is 27.7 Å². The molecular weight excluding hydrogens is 318 g/mol. The second-order valence-corrected chi connectivity index (χ2v) is 5.75. The number of benzene rings is 2. The zero-order valence-electron chi connectivity index (χ0n) is 11.7. The summed E-state index contributed by atoms with van der Waals surface area (Å²) < 4.78 is 5.61. The second-order valence-electron chi connectivity index (χ2n) is 5.31. The van der Waals surface area contributed by atoms with E-state index < -0.39 is 11.9 Å². The fourth-order valence-corrected chi connectivity index (χ4v) is 2.97. The van der Waals surface area contributed by atoms with Gasteiger partial charge in [0.15, 0.2) is 5.43 Å². The van der Waals surface area contributed by atoms with Gasteiger partial charge in [0.1, 0.15) is 11.3 Å². The minimum Gasteiger partial charge on any atom is -0.508 e. The molecule has 114 valence electrons. The Kier molecular flexibility index (Phi) is 2.92. The number of hydrogen-bond donors (Lipinski definition) is 2. The van der Waals surface area contributed by atoms with E-state index in [0.717, 1.165) is 0 Å². The molecule has 0 bridgehead atoms. The quantitative estimate of drug-likeness (QED) is 0.720. The van der Waals surface area contributed by atoms with Gasteiger partial charge in [-0.15, -0.1) is 0 Å². The molecule has 2 N–H and O–H groups in total. The van der Waals surface area contributed by atoms with Gasteiger partial charge in [0.05, 0.1) is 17.0 Å². The van der Waals surface area contributed by atoms with Crippen LogP contribution in [0.2, 0.25) is 5.02 Å². The van der Waals surface area contributed by atoms with Crippen LogP contribution in [0, 0.1) is 0 Å². The molecule has 6 heteroatoms. The fourth-order valence-electron chi connectivity index (χ4n) is 2.80. The first-order valence-corrected chi connectivity index (χ1v) is 7.28. The number of nitrogens with one attached hydrogen (secondary N) is 1. The molecule has 0 spiro atoms. The highest BCUT2D eigenvalue weighted by Gasteiger charge is 2.35. The van der Waals surface area contributed by atoms with Gasteiger partial charge in [-0.25, -0.2) is 0 Å². The summed E-state index contributed by atoms with van der Waals surface area (Å²) in [6, 6.07) is 10.4. The van der Waals surface area contributed by atoms with Crippen LogP contribution in [-0.4, -0.2) is 11.0 Å². The zero-order valence-corrected chi connectivity index (χ0v) is 12.4. The first-order chi connectivity index (χ1) is 11.0. The van der Waals surface area contributed by atoms with Gasteiger partial charge < -0.3 is 14.8 Å². The molecule has 0 fully saturated rings. The summed E-state index contributed by atoms with van der Waals surface area (Å²) >= 11 is 5.95. The van der Waals surface area contributed by atoms with Gasteiger partial charge in [0.25, 0.3) is 5.91 Å². The number of amides is 1. The van der Waals surface area contributed by atoms with Gasteiger partial charge in [-0.2, -0.15) is 0 Å². The van der Waals surface area contributed by atoms with E-state index in [0.29, 0.717) is 21.6 Å². The molecule has 1 amide bonds. The lowest BCUT2D eigenvalue weighted by Crippen LogP contribution is -2.21. The Morgan fingerprint density at radius 2 is 1.83 bits per heavy atom. The van der Waals surface area contributed by atoms with Crippen LogP contribution < -0.4 is 10.7 Å². The van der Waals surface area contributed by atoms with Crippen molar-refractivity contribution in [3.63, 3.8) is 0 Å². The molecule has 5 nitrogen and oxygen atoms in total. The zero-order chi connectivity index (χ0) is 16.1. The molecule has 0 saturated heterocycles. The van der Waals surface area contributed by atoms with Crippen molar-refractivity contribution in [2.75, 3.05) is 0 Å². The molecule has 4 rings (SSSR count). The molecule has 0 unspecified atom stereocenters. The summed E-state index contributed by atoms with van der Waals surface area (Å²) in [6.07, 6.45) is 0. The summed E-state index contributed by atoms with van der Waals surface area (Å²) in [6.45, 7) is 0. The highest BCUT2D eigenvalue weighted by Crippen LogP contribution is 2.32. The Balaban J connectivity index is 1.99. The van der Waals surface area contributed by atoms with E-state index in [9.17, 15) is 14.7 Å². The molecule has 1 aromatic heterocycles. The number of phenolic OH excluding ortho intramolecular Hbond substituents is 1. The largest absolute Gasteiger partial charge is 0.508 e. The number of carbonyl (C=O) groups excluding carboxylic acids is 1. The molecule has 1 aliphatic heterocycles. The van der Waals surface area contributed by atoms with Gasteiger partial charge in [0, 0.05) is 5.02 Å². The van der Waals surface area contributed by atoms with Crippen LogP contribution >= 0.6 is 11.6 Å². The van der Waals surface area contributed by atoms with Crippen molar-refractivity contribution in [1.29, 1.82) is 0 Å². The predicted octanol–water partition coefficient (Wildman–Crippen LogP) is 2.98. The maximum absolute atomic E-state index is 12.8. The van der Waals surface area contributed by atoms with E-state index in [-0.39, 0.29) is 22.5 Å². The number of fused-ring (bicyclic) bond motifs is 2. The standard InChI is InChI=1S/C17H10ClNO4/c18-9-3-6-12-11(7-9)15(21)13-14(19-17(22)16(13)23-12)8-1-4-10(20)5-2-8/h1-7,14,20H,(H,19,22)/t14-/m1/s1. The Labute approximate surface area is 135 Å². The highest BCUT2D eigenvalue weighted by molar-refractivity contribution is 6.31. The summed E-state index contributed by atoms with van der Waals surface area (Å²) in [7, 11) is 0. The molecule has 1 atom stereocenters. The van der Waals surface area contributed by atoms with Crippen LogP contribution in [0.25, 0.3) is 11.0 Å². The summed E-state index contributed by atoms with van der Waals surface area (Å²) in [5.74, 6) is -0.314. The van der Waals surface area contributed by atoms with Crippen LogP contribution in [-0.2, 0) is 0 Å². The number of phenols is 1. The third-order valence-corrected chi connectivity index (χ3v) is 4.12. The maximum Gasteiger partial charge on any atom is 0.288 e. The van der Waals surface area contributed by atoms with Gasteiger partial charge in [-0.3, -0.25) is 9.59 Å². The third-order valence-electron chi connectivity index (χ3n) is 3.88. The van der Waals surface area contributed by atoms with E-state index in [1.165, 1.54) is 18.2 Å². The number of aromatic hydroxyl groups is 1. The van der Waals surface area contributed by atoms with E-state index in [1.807, 2.05) is 0 Å². The van der Waals surface area contributed by atoms with Gasteiger partial charge in [-0.05, 0) is 35.9 Å². The Morgan fingerprint density at radius 1 is 1.09 bits per heavy atom. The summed E-state index contributed by atoms with van der Waals surface area (Å²) in [4.78, 5) is 25.0. The SMILES string of the molecule is O=C1N[C@H](c2ccc(O)cc2)c2c1oc1ccc(Cl)cc1c2=O. The van der Waals surface area contributed by atoms with Crippen LogP contribution in [0.15, 0.2) is 51.7 Å². The van der Waals surface area contributed by atoms with Crippen molar-refractivity contribution in [1.82, 2.24) is 5.32 Å². The molecule has 2 heterocycles. The second kappa shape index (κ2) is 4.86. The van der Waals surface area contributed by atoms with Crippen molar-refractivity contribution in [2.45, 2.75) is 6.04 Å². The number of carbonyl (C=O) groups is 1. The number of rotatable bonds is 1. The minimum atomic E-state index is -0.613. The molecule has 1 aliphatic rings. The minimum absolute atomic E-state index is 0.0166. The highest BCUT2D eigenvalue weighted by atomic mass is 35.5. The molecule has 3 aromatic rings. The average Bonchev–Trinajstić information content (AvgIpc) is 2.86. The van der Waals surface area contributed by atoms with Gasteiger partial charge in [0.2, 0.25) is 5.76 Å². The topological polar surface area (TPSA) is 79.5 Å². The molecule has 0 saturated carbocycles. The monoisotopic (exact) mass is 327 g/mol. The van der Waals surface area contributed by atoms with E-state index in [4.69, 9.17) is 16.0 Å². The van der Waals surface area contributed by atoms with Crippen molar-refractivity contribution >= 4 is 28.5 Å². The molecule has 23 heavy (non-hydrogen) atoms. The first kappa shape index (κ1) is 13.8. The van der Waals surface area contributed by atoms with Crippen LogP contribution in [0.5, 0.6) is 5.75 Å². The lowest BCUT2D eigenvalue weighted by molar-refractivity contribution is 0.0938. The Bertz CT molecular complexity index is 1010. The van der Waals surface area contributed by atoms with Crippen molar-refractivity contribution in [3.05, 3.63) is 74.6 Å². The predicted molar refractivity (Wildman–Crippen MR) is 84.9 cm³/mol. The fraction of sp³-hybridized carbons (Fsp3) is 0.0588. The molecule has 0 radical (unpaired) electrons. The van der Waals surface area contributed by atoms with E-state index in [2.05, 4.69) is 5.32 Å². The number of halogens is 1. The first-order valence-electron chi connectivity index (χ1n) is 6.90. The van der Waals surface area contributed by atoms with Gasteiger partial charge >= 0.3 is 0 Å². The average molecular weight is 328 g/mol. The lowest BCUT2D eigenvalue weighted by Gasteiger charge is -2.11. The smallest absolute Gasteiger partial charge is 0.288 e. The van der Waals surface area contributed by atoms with Crippen molar-refractivity contribution in [2.24, 2.45) is 0 Å². The van der Waals surface area contributed by atoms with Crippen molar-refractivity contribution < 1.29 is 14.3 Å². The van der Waals surface area contributed by atoms with Gasteiger partial charge in [-0.1, -0.05) is 23.7 Å². The summed E-state index contributed by atoms with van der Waals surface area (Å²) in [5.41, 5.74) is 0.971. The van der Waals surface area contributed by atoms with Crippen LogP contribution in [0.3, 0.4) is 0 Å². The Hall–Kier alpha value is -2.79. The number of hydrogen-bond acceptors (Lipinski definition) is 4. The molecule has 2 aromatic carbocycles. The van der Waals surface area contributed by atoms with E-state index in [1.54, 1.807) is 24.3 Å².